The van der Waals surface area contributed by atoms with Crippen LogP contribution in [0.4, 0.5) is 11.8 Å². The summed E-state index contributed by atoms with van der Waals surface area (Å²) in [5.74, 6) is 0.634. The minimum atomic E-state index is -0.132. The Balaban J connectivity index is 2.27. The minimum absolute atomic E-state index is 0.0527. The predicted molar refractivity (Wildman–Crippen MR) is 51.4 cm³/mol. The van der Waals surface area contributed by atoms with Crippen molar-refractivity contribution in [1.29, 1.82) is 0 Å². The molecule has 1 unspecified atom stereocenters. The van der Waals surface area contributed by atoms with E-state index in [0.29, 0.717) is 24.7 Å². The van der Waals surface area contributed by atoms with E-state index >= 15 is 0 Å². The Morgan fingerprint density at radius 3 is 2.93 bits per heavy atom. The molecule has 1 atom stereocenters. The summed E-state index contributed by atoms with van der Waals surface area (Å²) in [5.41, 5.74) is 11.1. The number of nitrogen functional groups attached to an aromatic ring is 1. The van der Waals surface area contributed by atoms with E-state index in [1.165, 1.54) is 11.1 Å². The molecule has 74 valence electrons. The molecule has 1 aliphatic rings. The number of hydrogen-bond donors (Lipinski definition) is 2. The monoisotopic (exact) mass is 193 g/mol. The van der Waals surface area contributed by atoms with Gasteiger partial charge in [0.25, 0.3) is 0 Å². The topological polar surface area (TPSA) is 98.1 Å². The van der Waals surface area contributed by atoms with Crippen molar-refractivity contribution in [2.24, 2.45) is 5.73 Å². The molecule has 1 amide bonds. The number of carbonyl (C=O) groups excluding carboxylic acids is 1. The molecule has 2 rings (SSSR count). The number of nitrogens with two attached hydrogens (primary N) is 2. The summed E-state index contributed by atoms with van der Waals surface area (Å²) in [7, 11) is 0. The largest absolute Gasteiger partial charge is 0.384 e. The molecule has 6 heteroatoms. The molecule has 1 aromatic rings. The van der Waals surface area contributed by atoms with E-state index in [9.17, 15) is 4.79 Å². The van der Waals surface area contributed by atoms with Crippen LogP contribution in [0.2, 0.25) is 0 Å². The lowest BCUT2D eigenvalue weighted by Crippen LogP contribution is -2.29. The van der Waals surface area contributed by atoms with Crippen molar-refractivity contribution < 1.29 is 4.79 Å². The third kappa shape index (κ3) is 1.51. The molecule has 0 saturated carbocycles. The van der Waals surface area contributed by atoms with Crippen LogP contribution in [0, 0.1) is 0 Å². The number of hydrogen-bond acceptors (Lipinski definition) is 5. The molecule has 1 saturated heterocycles. The summed E-state index contributed by atoms with van der Waals surface area (Å²) in [5, 5.41) is 0. The van der Waals surface area contributed by atoms with Crippen molar-refractivity contribution in [3.05, 3.63) is 12.3 Å². The number of aromatic nitrogens is 2. The van der Waals surface area contributed by atoms with Crippen LogP contribution < -0.4 is 16.4 Å². The SMILES string of the molecule is Nc1ccnc(N2CC(N)CC2=O)n1. The first-order valence-corrected chi connectivity index (χ1v) is 4.31. The van der Waals surface area contributed by atoms with Gasteiger partial charge in [0.2, 0.25) is 11.9 Å². The van der Waals surface area contributed by atoms with E-state index in [4.69, 9.17) is 11.5 Å². The lowest BCUT2D eigenvalue weighted by molar-refractivity contribution is -0.117. The zero-order chi connectivity index (χ0) is 10.1. The zero-order valence-electron chi connectivity index (χ0n) is 7.55. The Kier molecular flexibility index (Phi) is 2.05. The second-order valence-electron chi connectivity index (χ2n) is 3.25. The third-order valence-electron chi connectivity index (χ3n) is 2.06. The maximum atomic E-state index is 11.4. The van der Waals surface area contributed by atoms with Gasteiger partial charge >= 0.3 is 0 Å². The van der Waals surface area contributed by atoms with Crippen LogP contribution in [0.15, 0.2) is 12.3 Å². The minimum Gasteiger partial charge on any atom is -0.384 e. The molecule has 6 nitrogen and oxygen atoms in total. The lowest BCUT2D eigenvalue weighted by atomic mass is 10.3. The molecule has 0 bridgehead atoms. The van der Waals surface area contributed by atoms with Gasteiger partial charge in [0.1, 0.15) is 5.82 Å². The summed E-state index contributed by atoms with van der Waals surface area (Å²) in [4.78, 5) is 20.8. The Bertz CT molecular complexity index is 367. The molecular weight excluding hydrogens is 182 g/mol. The number of anilines is 2. The van der Waals surface area contributed by atoms with E-state index in [2.05, 4.69) is 9.97 Å². The van der Waals surface area contributed by atoms with Gasteiger partial charge in [0.15, 0.2) is 0 Å². The Morgan fingerprint density at radius 1 is 1.57 bits per heavy atom. The van der Waals surface area contributed by atoms with Crippen LogP contribution in [-0.2, 0) is 4.79 Å². The molecule has 0 spiro atoms. The zero-order valence-corrected chi connectivity index (χ0v) is 7.55. The first-order valence-electron chi connectivity index (χ1n) is 4.31. The number of amides is 1. The van der Waals surface area contributed by atoms with Crippen molar-refractivity contribution >= 4 is 17.7 Å². The fourth-order valence-corrected chi connectivity index (χ4v) is 1.42. The van der Waals surface area contributed by atoms with E-state index < -0.39 is 0 Å². The van der Waals surface area contributed by atoms with Crippen molar-refractivity contribution in [3.63, 3.8) is 0 Å². The smallest absolute Gasteiger partial charge is 0.234 e. The predicted octanol–water partition coefficient (Wildman–Crippen LogP) is -0.877. The normalized spacial score (nSPS) is 21.6. The van der Waals surface area contributed by atoms with Crippen LogP contribution in [0.5, 0.6) is 0 Å². The maximum Gasteiger partial charge on any atom is 0.234 e. The second-order valence-corrected chi connectivity index (χ2v) is 3.25. The van der Waals surface area contributed by atoms with Crippen LogP contribution in [0.25, 0.3) is 0 Å². The third-order valence-corrected chi connectivity index (χ3v) is 2.06. The van der Waals surface area contributed by atoms with E-state index in [1.54, 1.807) is 6.07 Å². The molecule has 1 aliphatic heterocycles. The van der Waals surface area contributed by atoms with Crippen molar-refractivity contribution in [2.75, 3.05) is 17.2 Å². The average molecular weight is 193 g/mol. The molecule has 4 N–H and O–H groups in total. The van der Waals surface area contributed by atoms with Gasteiger partial charge in [-0.1, -0.05) is 0 Å². The standard InChI is InChI=1S/C8H11N5O/c9-5-3-7(14)13(4-5)8-11-2-1-6(10)12-8/h1-2,5H,3-4,9H2,(H2,10,11,12). The van der Waals surface area contributed by atoms with Gasteiger partial charge in [-0.3, -0.25) is 9.69 Å². The van der Waals surface area contributed by atoms with E-state index in [1.807, 2.05) is 0 Å². The van der Waals surface area contributed by atoms with Gasteiger partial charge in [0.05, 0.1) is 0 Å². The fraction of sp³-hybridized carbons (Fsp3) is 0.375. The van der Waals surface area contributed by atoms with Gasteiger partial charge in [-0.25, -0.2) is 4.98 Å². The number of carbonyl (C=O) groups is 1. The first kappa shape index (κ1) is 8.89. The van der Waals surface area contributed by atoms with Crippen LogP contribution >= 0.6 is 0 Å². The highest BCUT2D eigenvalue weighted by Crippen LogP contribution is 2.16. The first-order chi connectivity index (χ1) is 6.66. The fourth-order valence-electron chi connectivity index (χ4n) is 1.42. The summed E-state index contributed by atoms with van der Waals surface area (Å²) in [6.45, 7) is 0.461. The Labute approximate surface area is 80.9 Å². The quantitative estimate of drug-likeness (QED) is 0.603. The summed E-state index contributed by atoms with van der Waals surface area (Å²) >= 11 is 0. The molecule has 0 aromatic carbocycles. The molecular formula is C8H11N5O. The molecule has 0 radical (unpaired) electrons. The Morgan fingerprint density at radius 2 is 2.36 bits per heavy atom. The Hall–Kier alpha value is -1.69. The summed E-state index contributed by atoms with van der Waals surface area (Å²) in [6, 6.07) is 1.44. The highest BCUT2D eigenvalue weighted by molar-refractivity contribution is 5.94. The van der Waals surface area contributed by atoms with Crippen molar-refractivity contribution in [2.45, 2.75) is 12.5 Å². The molecule has 14 heavy (non-hydrogen) atoms. The second kappa shape index (κ2) is 3.22. The number of rotatable bonds is 1. The van der Waals surface area contributed by atoms with Crippen LogP contribution in [-0.4, -0.2) is 28.5 Å². The highest BCUT2D eigenvalue weighted by Gasteiger charge is 2.29. The van der Waals surface area contributed by atoms with Crippen molar-refractivity contribution in [3.8, 4) is 0 Å². The molecule has 1 aromatic heterocycles. The average Bonchev–Trinajstić information content (AvgIpc) is 2.45. The summed E-state index contributed by atoms with van der Waals surface area (Å²) < 4.78 is 0. The molecule has 0 aliphatic carbocycles. The highest BCUT2D eigenvalue weighted by atomic mass is 16.2. The lowest BCUT2D eigenvalue weighted by Gasteiger charge is -2.13. The van der Waals surface area contributed by atoms with Crippen LogP contribution in [0.1, 0.15) is 6.42 Å². The van der Waals surface area contributed by atoms with Crippen molar-refractivity contribution in [1.82, 2.24) is 9.97 Å². The molecule has 2 heterocycles. The maximum absolute atomic E-state index is 11.4. The van der Waals surface area contributed by atoms with E-state index in [-0.39, 0.29) is 11.9 Å². The van der Waals surface area contributed by atoms with Gasteiger partial charge in [0, 0.05) is 25.2 Å². The molecule has 1 fully saturated rings. The van der Waals surface area contributed by atoms with Gasteiger partial charge in [-0.05, 0) is 6.07 Å². The van der Waals surface area contributed by atoms with Gasteiger partial charge in [-0.2, -0.15) is 4.98 Å². The summed E-state index contributed by atoms with van der Waals surface area (Å²) in [6.07, 6.45) is 1.87. The van der Waals surface area contributed by atoms with Gasteiger partial charge in [-0.15, -0.1) is 0 Å². The van der Waals surface area contributed by atoms with Gasteiger partial charge < -0.3 is 11.5 Å². The van der Waals surface area contributed by atoms with Crippen LogP contribution in [0.3, 0.4) is 0 Å². The van der Waals surface area contributed by atoms with E-state index in [0.717, 1.165) is 0 Å². The number of nitrogens with zero attached hydrogens (tertiary/aromatic N) is 3.